The van der Waals surface area contributed by atoms with Gasteiger partial charge in [-0.05, 0) is 93.8 Å². The highest BCUT2D eigenvalue weighted by atomic mass is 19.1. The summed E-state index contributed by atoms with van der Waals surface area (Å²) >= 11 is 0. The summed E-state index contributed by atoms with van der Waals surface area (Å²) in [5, 5.41) is 12.2. The topological polar surface area (TPSA) is 56.1 Å². The van der Waals surface area contributed by atoms with Gasteiger partial charge < -0.3 is 10.2 Å². The quantitative estimate of drug-likeness (QED) is 0.526. The van der Waals surface area contributed by atoms with Crippen LogP contribution in [0.5, 0.6) is 0 Å². The van der Waals surface area contributed by atoms with Gasteiger partial charge in [-0.25, -0.2) is 4.39 Å². The molecule has 0 aromatic heterocycles. The van der Waals surface area contributed by atoms with E-state index in [4.69, 9.17) is 0 Å². The number of benzene rings is 2. The third kappa shape index (κ3) is 4.13. The lowest BCUT2D eigenvalue weighted by Gasteiger charge is -2.43. The molecule has 4 nitrogen and oxygen atoms in total. The number of nitrogens with one attached hydrogen (secondary N) is 1. The number of hydrogen-bond donors (Lipinski definition) is 1. The number of carbonyl (C=O) groups is 1. The number of nitrogens with zero attached hydrogens (tertiary/aromatic N) is 2. The van der Waals surface area contributed by atoms with Crippen LogP contribution < -0.4 is 10.2 Å². The fraction of sp³-hybridized carbons (Fsp3) is 0.280. The Morgan fingerprint density at radius 1 is 1.23 bits per heavy atom. The van der Waals surface area contributed by atoms with Gasteiger partial charge in [-0.1, -0.05) is 6.08 Å². The van der Waals surface area contributed by atoms with Crippen LogP contribution in [0.2, 0.25) is 0 Å². The molecule has 2 aromatic carbocycles. The molecule has 1 aliphatic rings. The van der Waals surface area contributed by atoms with E-state index in [1.54, 1.807) is 6.08 Å². The van der Waals surface area contributed by atoms with Gasteiger partial charge in [-0.15, -0.1) is 0 Å². The van der Waals surface area contributed by atoms with Crippen molar-refractivity contribution in [1.82, 2.24) is 0 Å². The molecule has 5 heteroatoms. The number of halogens is 1. The summed E-state index contributed by atoms with van der Waals surface area (Å²) in [4.78, 5) is 14.9. The number of rotatable bonds is 4. The van der Waals surface area contributed by atoms with Crippen molar-refractivity contribution in [3.8, 4) is 6.07 Å². The number of aryl methyl sites for hydroxylation is 1. The summed E-state index contributed by atoms with van der Waals surface area (Å²) in [5.74, 6) is -0.911. The second kappa shape index (κ2) is 8.16. The molecule has 0 fully saturated rings. The van der Waals surface area contributed by atoms with Crippen LogP contribution in [-0.2, 0) is 4.79 Å². The zero-order valence-electron chi connectivity index (χ0n) is 18.0. The molecule has 1 heterocycles. The average Bonchev–Trinajstić information content (AvgIpc) is 2.68. The first-order chi connectivity index (χ1) is 14.2. The molecule has 0 bridgehead atoms. The molecule has 0 spiro atoms. The molecule has 0 saturated heterocycles. The van der Waals surface area contributed by atoms with Gasteiger partial charge >= 0.3 is 0 Å². The summed E-state index contributed by atoms with van der Waals surface area (Å²) in [7, 11) is 0. The zero-order chi connectivity index (χ0) is 22.1. The molecule has 0 unspecified atom stereocenters. The van der Waals surface area contributed by atoms with E-state index in [0.29, 0.717) is 5.69 Å². The van der Waals surface area contributed by atoms with E-state index in [9.17, 15) is 14.4 Å². The highest BCUT2D eigenvalue weighted by Gasteiger charge is 2.30. The summed E-state index contributed by atoms with van der Waals surface area (Å²) < 4.78 is 13.1. The molecular formula is C25H26FN3O. The summed E-state index contributed by atoms with van der Waals surface area (Å²) in [6, 6.07) is 11.6. The maximum absolute atomic E-state index is 13.1. The summed E-state index contributed by atoms with van der Waals surface area (Å²) in [6.07, 6.45) is 3.85. The van der Waals surface area contributed by atoms with Crippen molar-refractivity contribution in [2.45, 2.75) is 40.2 Å². The van der Waals surface area contributed by atoms with Crippen LogP contribution in [0, 0.1) is 24.1 Å². The first-order valence-corrected chi connectivity index (χ1v) is 9.97. The van der Waals surface area contributed by atoms with E-state index in [1.165, 1.54) is 29.8 Å². The van der Waals surface area contributed by atoms with Gasteiger partial charge in [-0.3, -0.25) is 4.79 Å². The van der Waals surface area contributed by atoms with Crippen molar-refractivity contribution < 1.29 is 9.18 Å². The number of likely N-dealkylation sites (N-methyl/N-ethyl adjacent to an activating group) is 1. The molecule has 154 valence electrons. The van der Waals surface area contributed by atoms with Crippen LogP contribution in [0.25, 0.3) is 11.6 Å². The fourth-order valence-electron chi connectivity index (χ4n) is 4.01. The van der Waals surface area contributed by atoms with Gasteiger partial charge in [0.2, 0.25) is 0 Å². The molecule has 1 N–H and O–H groups in total. The van der Waals surface area contributed by atoms with E-state index < -0.39 is 5.91 Å². The Labute approximate surface area is 177 Å². The maximum atomic E-state index is 13.1. The number of amides is 1. The highest BCUT2D eigenvalue weighted by Crippen LogP contribution is 2.40. The first kappa shape index (κ1) is 21.3. The van der Waals surface area contributed by atoms with Crippen molar-refractivity contribution in [3.05, 3.63) is 70.6 Å². The van der Waals surface area contributed by atoms with Gasteiger partial charge in [-0.2, -0.15) is 5.26 Å². The van der Waals surface area contributed by atoms with E-state index in [2.05, 4.69) is 50.1 Å². The normalized spacial score (nSPS) is 15.2. The van der Waals surface area contributed by atoms with Gasteiger partial charge in [0.05, 0.1) is 5.54 Å². The minimum absolute atomic E-state index is 0.00695. The van der Waals surface area contributed by atoms with Gasteiger partial charge in [0.15, 0.2) is 0 Å². The zero-order valence-corrected chi connectivity index (χ0v) is 18.0. The van der Waals surface area contributed by atoms with E-state index in [-0.39, 0.29) is 16.9 Å². The molecule has 0 radical (unpaired) electrons. The Morgan fingerprint density at radius 3 is 2.50 bits per heavy atom. The van der Waals surface area contributed by atoms with Crippen LogP contribution in [0.3, 0.4) is 0 Å². The minimum atomic E-state index is -0.523. The average molecular weight is 404 g/mol. The molecule has 0 atom stereocenters. The van der Waals surface area contributed by atoms with Crippen molar-refractivity contribution >= 4 is 28.9 Å². The number of fused-ring (bicyclic) bond motifs is 1. The number of anilines is 2. The Morgan fingerprint density at radius 2 is 1.90 bits per heavy atom. The van der Waals surface area contributed by atoms with Crippen LogP contribution in [0.15, 0.2) is 48.0 Å². The molecule has 0 aliphatic carbocycles. The first-order valence-electron chi connectivity index (χ1n) is 9.97. The molecule has 0 saturated carbocycles. The predicted octanol–water partition coefficient (Wildman–Crippen LogP) is 5.70. The fourth-order valence-corrected chi connectivity index (χ4v) is 4.01. The Hall–Kier alpha value is -3.39. The molecule has 1 amide bonds. The number of hydrogen-bond acceptors (Lipinski definition) is 3. The van der Waals surface area contributed by atoms with E-state index >= 15 is 0 Å². The summed E-state index contributed by atoms with van der Waals surface area (Å²) in [5.41, 5.74) is 5.59. The molecule has 1 aliphatic heterocycles. The lowest BCUT2D eigenvalue weighted by atomic mass is 9.86. The molecule has 2 aromatic rings. The molecule has 30 heavy (non-hydrogen) atoms. The number of nitriles is 1. The number of carbonyl (C=O) groups excluding carboxylic acids is 1. The number of allylic oxidation sites excluding steroid dienone is 1. The third-order valence-corrected chi connectivity index (χ3v) is 5.45. The standard InChI is InChI=1S/C25H26FN3O/c1-6-29-23-11-16(2)18(13-22(23)17(3)14-25(29,4)5)12-19(15-27)24(30)28-21-9-7-20(26)8-10-21/h7-14H,6H2,1-5H3,(H,28,30)/b19-12-. The predicted molar refractivity (Wildman–Crippen MR) is 121 cm³/mol. The van der Waals surface area contributed by atoms with Crippen LogP contribution in [0.4, 0.5) is 15.8 Å². The lowest BCUT2D eigenvalue weighted by Crippen LogP contribution is -2.44. The SMILES string of the molecule is CCN1c2cc(C)c(/C=C(/C#N)C(=O)Nc3ccc(F)cc3)cc2C(C)=CC1(C)C. The van der Waals surface area contributed by atoms with Crippen molar-refractivity contribution in [1.29, 1.82) is 5.26 Å². The molecular weight excluding hydrogens is 377 g/mol. The lowest BCUT2D eigenvalue weighted by molar-refractivity contribution is -0.112. The van der Waals surface area contributed by atoms with Gasteiger partial charge in [0.1, 0.15) is 17.5 Å². The Balaban J connectivity index is 1.98. The van der Waals surface area contributed by atoms with Crippen molar-refractivity contribution in [2.24, 2.45) is 0 Å². The van der Waals surface area contributed by atoms with Crippen molar-refractivity contribution in [3.63, 3.8) is 0 Å². The van der Waals surface area contributed by atoms with E-state index in [1.807, 2.05) is 19.1 Å². The Kier molecular flexibility index (Phi) is 5.80. The van der Waals surface area contributed by atoms with Crippen LogP contribution in [0.1, 0.15) is 44.4 Å². The van der Waals surface area contributed by atoms with E-state index in [0.717, 1.165) is 28.9 Å². The summed E-state index contributed by atoms with van der Waals surface area (Å²) in [6.45, 7) is 11.5. The third-order valence-electron chi connectivity index (χ3n) is 5.45. The van der Waals surface area contributed by atoms with Gasteiger partial charge in [0.25, 0.3) is 5.91 Å². The second-order valence-corrected chi connectivity index (χ2v) is 8.08. The maximum Gasteiger partial charge on any atom is 0.266 e. The highest BCUT2D eigenvalue weighted by molar-refractivity contribution is 6.09. The smallest absolute Gasteiger partial charge is 0.266 e. The largest absolute Gasteiger partial charge is 0.363 e. The van der Waals surface area contributed by atoms with Crippen molar-refractivity contribution in [2.75, 3.05) is 16.8 Å². The van der Waals surface area contributed by atoms with Crippen LogP contribution in [-0.4, -0.2) is 18.0 Å². The van der Waals surface area contributed by atoms with Gasteiger partial charge in [0, 0.05) is 23.5 Å². The molecule has 3 rings (SSSR count). The Bertz CT molecular complexity index is 1090. The van der Waals surface area contributed by atoms with Crippen LogP contribution >= 0.6 is 0 Å². The monoisotopic (exact) mass is 403 g/mol. The minimum Gasteiger partial charge on any atom is -0.363 e. The second-order valence-electron chi connectivity index (χ2n) is 8.08.